The molecule has 1 aromatic carbocycles. The molecule has 2 heteroatoms. The third kappa shape index (κ3) is 3.26. The van der Waals surface area contributed by atoms with E-state index < -0.39 is 0 Å². The Morgan fingerprint density at radius 3 is 2.89 bits per heavy atom. The Labute approximate surface area is 118 Å². The zero-order valence-electron chi connectivity index (χ0n) is 11.2. The van der Waals surface area contributed by atoms with Crippen molar-refractivity contribution in [2.75, 3.05) is 0 Å². The van der Waals surface area contributed by atoms with Crippen molar-refractivity contribution >= 4 is 22.0 Å². The quantitative estimate of drug-likeness (QED) is 0.683. The van der Waals surface area contributed by atoms with Crippen molar-refractivity contribution in [1.29, 1.82) is 0 Å². The molecule has 0 amide bonds. The molecule has 1 nitrogen and oxygen atoms in total. The molecule has 0 saturated carbocycles. The molecule has 1 atom stereocenters. The first-order valence-corrected chi connectivity index (χ1v) is 7.09. The van der Waals surface area contributed by atoms with Crippen LogP contribution in [0.1, 0.15) is 39.2 Å². The molecule has 0 spiro atoms. The molecule has 96 valence electrons. The van der Waals surface area contributed by atoms with E-state index in [-0.39, 0.29) is 5.60 Å². The number of ether oxygens (including phenoxy) is 1. The fourth-order valence-corrected chi connectivity index (χ4v) is 2.45. The van der Waals surface area contributed by atoms with Crippen molar-refractivity contribution in [3.8, 4) is 5.75 Å². The van der Waals surface area contributed by atoms with Crippen LogP contribution in [-0.4, -0.2) is 5.60 Å². The van der Waals surface area contributed by atoms with Crippen molar-refractivity contribution in [3.05, 3.63) is 46.0 Å². The van der Waals surface area contributed by atoms with Crippen LogP contribution in [0.2, 0.25) is 0 Å². The number of benzene rings is 1. The van der Waals surface area contributed by atoms with Gasteiger partial charge < -0.3 is 4.74 Å². The van der Waals surface area contributed by atoms with E-state index in [1.54, 1.807) is 0 Å². The number of allylic oxidation sites excluding steroid dienone is 2. The average Bonchev–Trinajstić information content (AvgIpc) is 2.29. The molecule has 1 unspecified atom stereocenters. The Hall–Kier alpha value is -1.02. The van der Waals surface area contributed by atoms with Crippen LogP contribution in [0.4, 0.5) is 0 Å². The lowest BCUT2D eigenvalue weighted by molar-refractivity contribution is 0.128. The topological polar surface area (TPSA) is 9.23 Å². The van der Waals surface area contributed by atoms with E-state index in [9.17, 15) is 0 Å². The SMILES string of the molecule is CC(C)=CCCC1(C)C=Cc2cc(Br)ccc2O1. The summed E-state index contributed by atoms with van der Waals surface area (Å²) in [5.41, 5.74) is 2.32. The highest BCUT2D eigenvalue weighted by Crippen LogP contribution is 2.34. The first kappa shape index (κ1) is 13.4. The van der Waals surface area contributed by atoms with E-state index in [0.29, 0.717) is 0 Å². The highest BCUT2D eigenvalue weighted by molar-refractivity contribution is 9.10. The number of halogens is 1. The Bertz CT molecular complexity index is 498. The summed E-state index contributed by atoms with van der Waals surface area (Å²) in [4.78, 5) is 0. The van der Waals surface area contributed by atoms with Gasteiger partial charge in [0.25, 0.3) is 0 Å². The van der Waals surface area contributed by atoms with Gasteiger partial charge in [0, 0.05) is 10.0 Å². The van der Waals surface area contributed by atoms with Gasteiger partial charge in [0.05, 0.1) is 0 Å². The van der Waals surface area contributed by atoms with Crippen molar-refractivity contribution < 1.29 is 4.74 Å². The Morgan fingerprint density at radius 1 is 1.39 bits per heavy atom. The molecule has 18 heavy (non-hydrogen) atoms. The molecule has 1 aromatic rings. The summed E-state index contributed by atoms with van der Waals surface area (Å²) in [6.07, 6.45) is 8.64. The van der Waals surface area contributed by atoms with Crippen LogP contribution < -0.4 is 4.74 Å². The van der Waals surface area contributed by atoms with Gasteiger partial charge in [-0.15, -0.1) is 0 Å². The van der Waals surface area contributed by atoms with Crippen molar-refractivity contribution in [2.45, 2.75) is 39.2 Å². The summed E-state index contributed by atoms with van der Waals surface area (Å²) in [6.45, 7) is 6.41. The van der Waals surface area contributed by atoms with Gasteiger partial charge in [0.2, 0.25) is 0 Å². The van der Waals surface area contributed by atoms with E-state index >= 15 is 0 Å². The molecule has 1 heterocycles. The molecule has 0 fully saturated rings. The molecule has 0 bridgehead atoms. The average molecular weight is 307 g/mol. The third-order valence-electron chi connectivity index (χ3n) is 3.12. The van der Waals surface area contributed by atoms with Crippen LogP contribution in [0.15, 0.2) is 40.4 Å². The Morgan fingerprint density at radius 2 is 2.17 bits per heavy atom. The van der Waals surface area contributed by atoms with Crippen LogP contribution in [0.3, 0.4) is 0 Å². The minimum atomic E-state index is -0.188. The maximum Gasteiger partial charge on any atom is 0.127 e. The highest BCUT2D eigenvalue weighted by atomic mass is 79.9. The van der Waals surface area contributed by atoms with E-state index in [4.69, 9.17) is 4.74 Å². The maximum atomic E-state index is 6.12. The van der Waals surface area contributed by atoms with Crippen LogP contribution in [0, 0.1) is 0 Å². The lowest BCUT2D eigenvalue weighted by Gasteiger charge is -2.31. The molecule has 0 aromatic heterocycles. The predicted octanol–water partition coefficient (Wildman–Crippen LogP) is 5.36. The second kappa shape index (κ2) is 5.31. The summed E-state index contributed by atoms with van der Waals surface area (Å²) >= 11 is 3.48. The lowest BCUT2D eigenvalue weighted by atomic mass is 9.95. The number of hydrogen-bond donors (Lipinski definition) is 0. The summed E-state index contributed by atoms with van der Waals surface area (Å²) < 4.78 is 7.21. The van der Waals surface area contributed by atoms with E-state index in [1.807, 2.05) is 12.1 Å². The van der Waals surface area contributed by atoms with Gasteiger partial charge in [-0.3, -0.25) is 0 Å². The molecule has 1 aliphatic heterocycles. The van der Waals surface area contributed by atoms with Gasteiger partial charge in [-0.25, -0.2) is 0 Å². The Kier molecular flexibility index (Phi) is 3.96. The van der Waals surface area contributed by atoms with Gasteiger partial charge in [-0.1, -0.05) is 33.7 Å². The monoisotopic (exact) mass is 306 g/mol. The molecule has 2 rings (SSSR count). The smallest absolute Gasteiger partial charge is 0.127 e. The molecule has 0 N–H and O–H groups in total. The Balaban J connectivity index is 2.11. The summed E-state index contributed by atoms with van der Waals surface area (Å²) in [7, 11) is 0. The predicted molar refractivity (Wildman–Crippen MR) is 80.9 cm³/mol. The zero-order chi connectivity index (χ0) is 13.2. The van der Waals surface area contributed by atoms with E-state index in [0.717, 1.165) is 28.6 Å². The third-order valence-corrected chi connectivity index (χ3v) is 3.62. The van der Waals surface area contributed by atoms with Crippen molar-refractivity contribution in [1.82, 2.24) is 0 Å². The van der Waals surface area contributed by atoms with Crippen LogP contribution in [-0.2, 0) is 0 Å². The second-order valence-electron chi connectivity index (χ2n) is 5.25. The van der Waals surface area contributed by atoms with Crippen LogP contribution >= 0.6 is 15.9 Å². The van der Waals surface area contributed by atoms with Gasteiger partial charge >= 0.3 is 0 Å². The first-order valence-electron chi connectivity index (χ1n) is 6.30. The minimum absolute atomic E-state index is 0.188. The molecular formula is C16H19BrO. The fourth-order valence-electron chi connectivity index (χ4n) is 2.08. The van der Waals surface area contributed by atoms with Gasteiger partial charge in [0.1, 0.15) is 11.4 Å². The largest absolute Gasteiger partial charge is 0.483 e. The van der Waals surface area contributed by atoms with E-state index in [1.165, 1.54) is 5.57 Å². The first-order chi connectivity index (χ1) is 8.48. The summed E-state index contributed by atoms with van der Waals surface area (Å²) in [5.74, 6) is 0.973. The van der Waals surface area contributed by atoms with Gasteiger partial charge in [-0.05, 0) is 57.9 Å². The standard InChI is InChI=1S/C16H19BrO/c1-12(2)5-4-9-16(3)10-8-13-11-14(17)6-7-15(13)18-16/h5-8,10-11H,4,9H2,1-3H3. The molecule has 0 radical (unpaired) electrons. The number of rotatable bonds is 3. The minimum Gasteiger partial charge on any atom is -0.483 e. The molecule has 0 aliphatic carbocycles. The lowest BCUT2D eigenvalue weighted by Crippen LogP contribution is -2.31. The van der Waals surface area contributed by atoms with Crippen molar-refractivity contribution in [3.63, 3.8) is 0 Å². The van der Waals surface area contributed by atoms with Crippen LogP contribution in [0.5, 0.6) is 5.75 Å². The summed E-state index contributed by atoms with van der Waals surface area (Å²) in [5, 5.41) is 0. The zero-order valence-corrected chi connectivity index (χ0v) is 12.8. The van der Waals surface area contributed by atoms with Crippen molar-refractivity contribution in [2.24, 2.45) is 0 Å². The second-order valence-corrected chi connectivity index (χ2v) is 6.17. The van der Waals surface area contributed by atoms with Crippen LogP contribution in [0.25, 0.3) is 6.08 Å². The highest BCUT2D eigenvalue weighted by Gasteiger charge is 2.26. The number of hydrogen-bond acceptors (Lipinski definition) is 1. The normalized spacial score (nSPS) is 21.1. The molecule has 0 saturated heterocycles. The van der Waals surface area contributed by atoms with Gasteiger partial charge in [-0.2, -0.15) is 0 Å². The fraction of sp³-hybridized carbons (Fsp3) is 0.375. The number of fused-ring (bicyclic) bond motifs is 1. The van der Waals surface area contributed by atoms with E-state index in [2.05, 4.69) is 61.0 Å². The molecular weight excluding hydrogens is 288 g/mol. The van der Waals surface area contributed by atoms with Gasteiger partial charge in [0.15, 0.2) is 0 Å². The maximum absolute atomic E-state index is 6.12. The molecule has 1 aliphatic rings. The summed E-state index contributed by atoms with van der Waals surface area (Å²) in [6, 6.07) is 6.14.